The third-order valence-electron chi connectivity index (χ3n) is 5.98. The molecule has 9 nitrogen and oxygen atoms in total. The Balaban J connectivity index is 0.00000300. The average Bonchev–Trinajstić information content (AvgIpc) is 3.45. The second-order valence-electron chi connectivity index (χ2n) is 8.02. The number of halogens is 1. The van der Waals surface area contributed by atoms with Crippen molar-refractivity contribution in [1.82, 2.24) is 25.8 Å². The van der Waals surface area contributed by atoms with Crippen LogP contribution < -0.4 is 16.0 Å². The summed E-state index contributed by atoms with van der Waals surface area (Å²) >= 11 is 0. The third kappa shape index (κ3) is 6.05. The van der Waals surface area contributed by atoms with Crippen molar-refractivity contribution in [2.45, 2.75) is 38.5 Å². The molecule has 0 saturated carbocycles. The van der Waals surface area contributed by atoms with Crippen LogP contribution in [0.5, 0.6) is 0 Å². The van der Waals surface area contributed by atoms with Gasteiger partial charge in [-0.15, -0.1) is 12.4 Å². The van der Waals surface area contributed by atoms with Crippen LogP contribution in [0.3, 0.4) is 0 Å². The zero-order chi connectivity index (χ0) is 20.0. The summed E-state index contributed by atoms with van der Waals surface area (Å²) in [5.41, 5.74) is -0.869. The van der Waals surface area contributed by atoms with Gasteiger partial charge in [0, 0.05) is 39.1 Å². The molecule has 0 spiro atoms. The Morgan fingerprint density at radius 3 is 1.83 bits per heavy atom. The normalized spacial score (nSPS) is 23.6. The quantitative estimate of drug-likeness (QED) is 0.493. The molecule has 3 heterocycles. The molecule has 0 aliphatic carbocycles. The zero-order valence-electron chi connectivity index (χ0n) is 16.8. The number of nitrogens with zero attached hydrogens (tertiary/aromatic N) is 2. The monoisotopic (exact) mass is 429 g/mol. The lowest BCUT2D eigenvalue weighted by Gasteiger charge is -2.27. The van der Waals surface area contributed by atoms with Crippen LogP contribution in [-0.4, -0.2) is 85.8 Å². The van der Waals surface area contributed by atoms with Crippen LogP contribution in [0.1, 0.15) is 38.5 Å². The molecule has 3 saturated heterocycles. The predicted octanol–water partition coefficient (Wildman–Crippen LogP) is -0.745. The highest BCUT2D eigenvalue weighted by atomic mass is 35.5. The minimum Gasteiger partial charge on any atom is -0.347 e. The molecule has 0 aromatic rings. The van der Waals surface area contributed by atoms with Crippen molar-refractivity contribution in [1.29, 1.82) is 0 Å². The second-order valence-corrected chi connectivity index (χ2v) is 8.02. The van der Waals surface area contributed by atoms with E-state index < -0.39 is 5.41 Å². The van der Waals surface area contributed by atoms with Gasteiger partial charge in [0.15, 0.2) is 0 Å². The minimum absolute atomic E-state index is 0. The van der Waals surface area contributed by atoms with E-state index in [0.717, 1.165) is 51.9 Å². The van der Waals surface area contributed by atoms with Crippen molar-refractivity contribution in [3.05, 3.63) is 0 Å². The lowest BCUT2D eigenvalue weighted by Crippen LogP contribution is -2.49. The standard InChI is InChI=1S/C19H31N5O4.ClH/c25-15(21-12-16(26)23-7-1-2-8-23)11-19(5-6-20-14-19)18(28)22-13-17(27)24-9-3-4-10-24;/h20H,1-14H2,(H,21,25)(H,22,28);1H. The molecule has 29 heavy (non-hydrogen) atoms. The number of hydrogen-bond donors (Lipinski definition) is 3. The van der Waals surface area contributed by atoms with Crippen LogP contribution in [0.15, 0.2) is 0 Å². The van der Waals surface area contributed by atoms with Crippen molar-refractivity contribution >= 4 is 36.0 Å². The summed E-state index contributed by atoms with van der Waals surface area (Å²) in [5, 5.41) is 8.53. The van der Waals surface area contributed by atoms with Crippen molar-refractivity contribution in [2.75, 3.05) is 52.4 Å². The van der Waals surface area contributed by atoms with Gasteiger partial charge < -0.3 is 25.8 Å². The molecule has 3 fully saturated rings. The molecule has 3 aliphatic rings. The molecular formula is C19H32ClN5O4. The summed E-state index contributed by atoms with van der Waals surface area (Å²) in [6, 6.07) is 0. The van der Waals surface area contributed by atoms with Gasteiger partial charge in [-0.2, -0.15) is 0 Å². The first-order valence-corrected chi connectivity index (χ1v) is 10.3. The zero-order valence-corrected chi connectivity index (χ0v) is 17.7. The SMILES string of the molecule is Cl.O=C(CC1(C(=O)NCC(=O)N2CCCC2)CCNC1)NCC(=O)N1CCCC1. The number of likely N-dealkylation sites (tertiary alicyclic amines) is 2. The van der Waals surface area contributed by atoms with E-state index in [1.807, 2.05) is 0 Å². The number of hydrogen-bond acceptors (Lipinski definition) is 5. The van der Waals surface area contributed by atoms with E-state index in [1.54, 1.807) is 9.80 Å². The Morgan fingerprint density at radius 2 is 1.34 bits per heavy atom. The number of rotatable bonds is 7. The van der Waals surface area contributed by atoms with Gasteiger partial charge in [-0.3, -0.25) is 19.2 Å². The molecule has 0 aromatic carbocycles. The highest BCUT2D eigenvalue weighted by Gasteiger charge is 2.43. The molecule has 4 amide bonds. The molecule has 0 radical (unpaired) electrons. The molecule has 3 N–H and O–H groups in total. The first kappa shape index (κ1) is 23.4. The van der Waals surface area contributed by atoms with Gasteiger partial charge in [-0.25, -0.2) is 0 Å². The molecule has 1 unspecified atom stereocenters. The largest absolute Gasteiger partial charge is 0.347 e. The summed E-state index contributed by atoms with van der Waals surface area (Å²) < 4.78 is 0. The van der Waals surface area contributed by atoms with Gasteiger partial charge in [-0.1, -0.05) is 0 Å². The summed E-state index contributed by atoms with van der Waals surface area (Å²) in [4.78, 5) is 53.0. The maximum absolute atomic E-state index is 12.8. The van der Waals surface area contributed by atoms with Crippen molar-refractivity contribution in [3.8, 4) is 0 Å². The van der Waals surface area contributed by atoms with Crippen molar-refractivity contribution < 1.29 is 19.2 Å². The van der Waals surface area contributed by atoms with Gasteiger partial charge in [0.1, 0.15) is 0 Å². The summed E-state index contributed by atoms with van der Waals surface area (Å²) in [5.74, 6) is -0.735. The lowest BCUT2D eigenvalue weighted by molar-refractivity contribution is -0.138. The molecule has 3 rings (SSSR count). The smallest absolute Gasteiger partial charge is 0.241 e. The topological polar surface area (TPSA) is 111 Å². The fourth-order valence-electron chi connectivity index (χ4n) is 4.21. The average molecular weight is 430 g/mol. The van der Waals surface area contributed by atoms with E-state index in [0.29, 0.717) is 19.5 Å². The number of nitrogens with one attached hydrogen (secondary N) is 3. The molecule has 0 bridgehead atoms. The Morgan fingerprint density at radius 1 is 0.828 bits per heavy atom. The van der Waals surface area contributed by atoms with E-state index in [-0.39, 0.29) is 55.5 Å². The highest BCUT2D eigenvalue weighted by Crippen LogP contribution is 2.30. The van der Waals surface area contributed by atoms with E-state index in [4.69, 9.17) is 0 Å². The van der Waals surface area contributed by atoms with Gasteiger partial charge >= 0.3 is 0 Å². The van der Waals surface area contributed by atoms with Crippen LogP contribution in [0, 0.1) is 5.41 Å². The van der Waals surface area contributed by atoms with E-state index in [9.17, 15) is 19.2 Å². The van der Waals surface area contributed by atoms with E-state index in [2.05, 4.69) is 16.0 Å². The Kier molecular flexibility index (Phi) is 8.70. The van der Waals surface area contributed by atoms with E-state index >= 15 is 0 Å². The van der Waals surface area contributed by atoms with Crippen LogP contribution in [0.25, 0.3) is 0 Å². The number of carbonyl (C=O) groups is 4. The van der Waals surface area contributed by atoms with Crippen LogP contribution in [-0.2, 0) is 19.2 Å². The molecule has 1 atom stereocenters. The summed E-state index contributed by atoms with van der Waals surface area (Å²) in [6.45, 7) is 3.96. The maximum Gasteiger partial charge on any atom is 0.241 e. The Hall–Kier alpha value is -1.87. The molecule has 10 heteroatoms. The van der Waals surface area contributed by atoms with Gasteiger partial charge in [0.2, 0.25) is 23.6 Å². The Labute approximate surface area is 177 Å². The molecule has 164 valence electrons. The fraction of sp³-hybridized carbons (Fsp3) is 0.789. The molecule has 0 aromatic heterocycles. The summed E-state index contributed by atoms with van der Waals surface area (Å²) in [6.07, 6.45) is 4.56. The van der Waals surface area contributed by atoms with Crippen LogP contribution >= 0.6 is 12.4 Å². The van der Waals surface area contributed by atoms with Gasteiger partial charge in [0.05, 0.1) is 18.5 Å². The Bertz CT molecular complexity index is 612. The lowest BCUT2D eigenvalue weighted by atomic mass is 9.82. The van der Waals surface area contributed by atoms with Gasteiger partial charge in [-0.05, 0) is 38.6 Å². The first-order valence-electron chi connectivity index (χ1n) is 10.3. The predicted molar refractivity (Wildman–Crippen MR) is 109 cm³/mol. The fourth-order valence-corrected chi connectivity index (χ4v) is 4.21. The number of carbonyl (C=O) groups excluding carboxylic acids is 4. The number of amides is 4. The van der Waals surface area contributed by atoms with Crippen LogP contribution in [0.2, 0.25) is 0 Å². The third-order valence-corrected chi connectivity index (χ3v) is 5.98. The van der Waals surface area contributed by atoms with Crippen molar-refractivity contribution in [2.24, 2.45) is 5.41 Å². The molecule has 3 aliphatic heterocycles. The first-order chi connectivity index (χ1) is 13.5. The highest BCUT2D eigenvalue weighted by molar-refractivity contribution is 5.93. The van der Waals surface area contributed by atoms with Gasteiger partial charge in [0.25, 0.3) is 0 Å². The molecular weight excluding hydrogens is 398 g/mol. The minimum atomic E-state index is -0.869. The van der Waals surface area contributed by atoms with Crippen molar-refractivity contribution in [3.63, 3.8) is 0 Å². The van der Waals surface area contributed by atoms with E-state index in [1.165, 1.54) is 0 Å². The second kappa shape index (κ2) is 10.8. The van der Waals surface area contributed by atoms with Crippen LogP contribution in [0.4, 0.5) is 0 Å². The summed E-state index contributed by atoms with van der Waals surface area (Å²) in [7, 11) is 0. The maximum atomic E-state index is 12.8.